The van der Waals surface area contributed by atoms with Crippen LogP contribution in [0.1, 0.15) is 40.9 Å². The molecule has 2 aliphatic rings. The third kappa shape index (κ3) is 2.85. The zero-order valence-corrected chi connectivity index (χ0v) is 16.8. The molecule has 0 fully saturated rings. The van der Waals surface area contributed by atoms with E-state index in [9.17, 15) is 5.11 Å². The van der Waals surface area contributed by atoms with Crippen LogP contribution in [0, 0.1) is 6.92 Å². The monoisotopic (exact) mass is 435 g/mol. The highest BCUT2D eigenvalue weighted by Crippen LogP contribution is 2.48. The van der Waals surface area contributed by atoms with Gasteiger partial charge in [-0.2, -0.15) is 5.10 Å². The molecule has 2 aromatic carbocycles. The van der Waals surface area contributed by atoms with E-state index in [4.69, 9.17) is 9.84 Å². The standard InChI is InChI=1S/C22H18BrN3O2/c1-13-4-6-20(27)16(9-13)18-11-19-17-10-15(23)5-7-21(17)28-22(26(19)25-18)14-3-2-8-24-12-14/h2-10,12,19,22,27H,11H2,1H3/t19-,22+/m0/s1. The van der Waals surface area contributed by atoms with Crippen LogP contribution in [-0.2, 0) is 0 Å². The number of fused-ring (bicyclic) bond motifs is 3. The molecule has 6 heteroatoms. The Morgan fingerprint density at radius 1 is 1.18 bits per heavy atom. The number of hydrogen-bond acceptors (Lipinski definition) is 5. The Hall–Kier alpha value is -2.86. The van der Waals surface area contributed by atoms with Crippen LogP contribution in [-0.4, -0.2) is 20.8 Å². The molecule has 2 aliphatic heterocycles. The van der Waals surface area contributed by atoms with Crippen molar-refractivity contribution in [3.8, 4) is 11.5 Å². The van der Waals surface area contributed by atoms with Gasteiger partial charge in [0.1, 0.15) is 11.5 Å². The molecule has 1 aromatic heterocycles. The van der Waals surface area contributed by atoms with Crippen molar-refractivity contribution in [2.45, 2.75) is 25.6 Å². The summed E-state index contributed by atoms with van der Waals surface area (Å²) in [5, 5.41) is 17.3. The summed E-state index contributed by atoms with van der Waals surface area (Å²) in [4.78, 5) is 4.24. The van der Waals surface area contributed by atoms with Crippen LogP contribution in [0.2, 0.25) is 0 Å². The number of halogens is 1. The van der Waals surface area contributed by atoms with Crippen LogP contribution in [0.15, 0.2) is 70.5 Å². The first kappa shape index (κ1) is 17.3. The molecule has 0 saturated carbocycles. The predicted molar refractivity (Wildman–Crippen MR) is 110 cm³/mol. The molecule has 0 spiro atoms. The molecule has 0 amide bonds. The van der Waals surface area contributed by atoms with Crippen LogP contribution < -0.4 is 4.74 Å². The minimum atomic E-state index is -0.364. The Morgan fingerprint density at radius 3 is 2.89 bits per heavy atom. The Kier molecular flexibility index (Phi) is 4.09. The fourth-order valence-corrected chi connectivity index (χ4v) is 4.22. The fourth-order valence-electron chi connectivity index (χ4n) is 3.84. The maximum atomic E-state index is 10.4. The number of hydrogen-bond donors (Lipinski definition) is 1. The summed E-state index contributed by atoms with van der Waals surface area (Å²) >= 11 is 3.57. The van der Waals surface area contributed by atoms with Gasteiger partial charge in [-0.3, -0.25) is 4.98 Å². The first-order valence-electron chi connectivity index (χ1n) is 9.12. The normalized spacial score (nSPS) is 20.2. The second-order valence-corrected chi connectivity index (χ2v) is 8.02. The van der Waals surface area contributed by atoms with Gasteiger partial charge in [-0.15, -0.1) is 0 Å². The van der Waals surface area contributed by atoms with E-state index >= 15 is 0 Å². The third-order valence-corrected chi connectivity index (χ3v) is 5.68. The van der Waals surface area contributed by atoms with E-state index in [1.54, 1.807) is 12.3 Å². The number of rotatable bonds is 2. The average molecular weight is 436 g/mol. The van der Waals surface area contributed by atoms with E-state index in [0.717, 1.165) is 38.2 Å². The molecule has 0 aliphatic carbocycles. The molecular weight excluding hydrogens is 418 g/mol. The second-order valence-electron chi connectivity index (χ2n) is 7.11. The highest BCUT2D eigenvalue weighted by Gasteiger charge is 2.41. The van der Waals surface area contributed by atoms with Crippen LogP contribution in [0.3, 0.4) is 0 Å². The maximum Gasteiger partial charge on any atom is 0.215 e. The summed E-state index contributed by atoms with van der Waals surface area (Å²) in [5.74, 6) is 1.10. The van der Waals surface area contributed by atoms with E-state index in [1.807, 2.05) is 54.5 Å². The molecule has 0 saturated heterocycles. The van der Waals surface area contributed by atoms with Gasteiger partial charge < -0.3 is 9.84 Å². The Bertz CT molecular complexity index is 1080. The molecule has 3 aromatic rings. The van der Waals surface area contributed by atoms with E-state index < -0.39 is 0 Å². The zero-order chi connectivity index (χ0) is 19.3. The van der Waals surface area contributed by atoms with Crippen molar-refractivity contribution in [2.24, 2.45) is 5.10 Å². The first-order chi connectivity index (χ1) is 13.6. The summed E-state index contributed by atoms with van der Waals surface area (Å²) < 4.78 is 7.32. The zero-order valence-electron chi connectivity index (χ0n) is 15.2. The maximum absolute atomic E-state index is 10.4. The van der Waals surface area contributed by atoms with Gasteiger partial charge in [-0.1, -0.05) is 33.6 Å². The minimum Gasteiger partial charge on any atom is -0.507 e. The number of nitrogens with zero attached hydrogens (tertiary/aromatic N) is 3. The van der Waals surface area contributed by atoms with Crippen LogP contribution in [0.4, 0.5) is 0 Å². The van der Waals surface area contributed by atoms with E-state index in [-0.39, 0.29) is 18.0 Å². The highest BCUT2D eigenvalue weighted by molar-refractivity contribution is 9.10. The van der Waals surface area contributed by atoms with Crippen LogP contribution >= 0.6 is 15.9 Å². The number of ether oxygens (including phenoxy) is 1. The lowest BCUT2D eigenvalue weighted by Gasteiger charge is -2.38. The van der Waals surface area contributed by atoms with E-state index in [0.29, 0.717) is 6.42 Å². The minimum absolute atomic E-state index is 0.0290. The van der Waals surface area contributed by atoms with Gasteiger partial charge in [0.15, 0.2) is 0 Å². The number of phenols is 1. The molecule has 1 N–H and O–H groups in total. The number of aromatic hydroxyl groups is 1. The first-order valence-corrected chi connectivity index (χ1v) is 9.91. The molecule has 2 atom stereocenters. The van der Waals surface area contributed by atoms with Crippen molar-refractivity contribution in [1.29, 1.82) is 0 Å². The van der Waals surface area contributed by atoms with Gasteiger partial charge in [0, 0.05) is 40.0 Å². The summed E-state index contributed by atoms with van der Waals surface area (Å²) in [6.45, 7) is 2.01. The summed E-state index contributed by atoms with van der Waals surface area (Å²) in [5.41, 5.74) is 4.75. The Morgan fingerprint density at radius 2 is 2.07 bits per heavy atom. The lowest BCUT2D eigenvalue weighted by Crippen LogP contribution is -2.33. The van der Waals surface area contributed by atoms with Gasteiger partial charge in [-0.05, 0) is 43.3 Å². The number of aromatic nitrogens is 1. The van der Waals surface area contributed by atoms with Crippen molar-refractivity contribution < 1.29 is 9.84 Å². The second kappa shape index (κ2) is 6.63. The largest absolute Gasteiger partial charge is 0.507 e. The number of hydrazone groups is 1. The summed E-state index contributed by atoms with van der Waals surface area (Å²) in [7, 11) is 0. The fraction of sp³-hybridized carbons (Fsp3) is 0.182. The number of phenolic OH excluding ortho intramolecular Hbond substituents is 1. The smallest absolute Gasteiger partial charge is 0.215 e. The molecular formula is C22H18BrN3O2. The lowest BCUT2D eigenvalue weighted by atomic mass is 9.95. The summed E-state index contributed by atoms with van der Waals surface area (Å²) in [6.07, 6.45) is 3.89. The molecule has 0 unspecified atom stereocenters. The summed E-state index contributed by atoms with van der Waals surface area (Å²) in [6, 6.07) is 15.6. The number of benzene rings is 2. The number of aryl methyl sites for hydroxylation is 1. The van der Waals surface area contributed by atoms with Crippen molar-refractivity contribution in [1.82, 2.24) is 9.99 Å². The SMILES string of the molecule is Cc1ccc(O)c(C2=NN3[C@@H](c4cccnc4)Oc4ccc(Br)cc4[C@@H]3C2)c1. The van der Waals surface area contributed by atoms with Crippen molar-refractivity contribution in [3.63, 3.8) is 0 Å². The molecule has 0 radical (unpaired) electrons. The lowest BCUT2D eigenvalue weighted by molar-refractivity contribution is -0.0192. The van der Waals surface area contributed by atoms with E-state index in [2.05, 4.69) is 27.0 Å². The van der Waals surface area contributed by atoms with Crippen LogP contribution in [0.5, 0.6) is 11.5 Å². The van der Waals surface area contributed by atoms with Crippen LogP contribution in [0.25, 0.3) is 0 Å². The number of pyridine rings is 1. The van der Waals surface area contributed by atoms with Gasteiger partial charge in [0.2, 0.25) is 6.23 Å². The van der Waals surface area contributed by atoms with Gasteiger partial charge in [0.05, 0.1) is 11.8 Å². The quantitative estimate of drug-likeness (QED) is 0.608. The molecule has 5 rings (SSSR count). The predicted octanol–water partition coefficient (Wildman–Crippen LogP) is 5.10. The molecule has 140 valence electrons. The van der Waals surface area contributed by atoms with Crippen molar-refractivity contribution >= 4 is 21.6 Å². The topological polar surface area (TPSA) is 58.0 Å². The van der Waals surface area contributed by atoms with Crippen molar-refractivity contribution in [2.75, 3.05) is 0 Å². The molecule has 0 bridgehead atoms. The highest BCUT2D eigenvalue weighted by atomic mass is 79.9. The Labute approximate surface area is 171 Å². The molecule has 5 nitrogen and oxygen atoms in total. The molecule has 3 heterocycles. The van der Waals surface area contributed by atoms with Crippen molar-refractivity contribution in [3.05, 3.63) is 87.7 Å². The molecule has 28 heavy (non-hydrogen) atoms. The third-order valence-electron chi connectivity index (χ3n) is 5.18. The Balaban J connectivity index is 1.63. The van der Waals surface area contributed by atoms with E-state index in [1.165, 1.54) is 0 Å². The average Bonchev–Trinajstić information content (AvgIpc) is 3.15. The van der Waals surface area contributed by atoms with Gasteiger partial charge in [-0.25, -0.2) is 5.01 Å². The van der Waals surface area contributed by atoms with Gasteiger partial charge in [0.25, 0.3) is 0 Å². The van der Waals surface area contributed by atoms with Gasteiger partial charge >= 0.3 is 0 Å².